The molecule has 2 aromatic rings. The maximum absolute atomic E-state index is 5.19. The first-order valence-corrected chi connectivity index (χ1v) is 9.38. The number of aromatic nitrogens is 1. The van der Waals surface area contributed by atoms with E-state index in [1.54, 1.807) is 13.3 Å². The van der Waals surface area contributed by atoms with Gasteiger partial charge < -0.3 is 19.9 Å². The number of hydrogen-bond acceptors (Lipinski definition) is 4. The van der Waals surface area contributed by atoms with E-state index in [0.29, 0.717) is 12.4 Å². The molecule has 144 valence electrons. The molecule has 3 rings (SSSR count). The number of aliphatic imine (C=N–C) groups is 1. The van der Waals surface area contributed by atoms with E-state index in [2.05, 4.69) is 57.1 Å². The zero-order valence-electron chi connectivity index (χ0n) is 16.7. The van der Waals surface area contributed by atoms with Crippen LogP contribution in [0.1, 0.15) is 16.7 Å². The Labute approximate surface area is 161 Å². The summed E-state index contributed by atoms with van der Waals surface area (Å²) in [5.41, 5.74) is 5.19. The molecule has 6 nitrogen and oxygen atoms in total. The fraction of sp³-hybridized carbons (Fsp3) is 0.429. The Morgan fingerprint density at radius 1 is 1.19 bits per heavy atom. The predicted molar refractivity (Wildman–Crippen MR) is 111 cm³/mol. The van der Waals surface area contributed by atoms with Gasteiger partial charge in [-0.1, -0.05) is 12.1 Å². The first kappa shape index (κ1) is 19.0. The third-order valence-electron chi connectivity index (χ3n) is 5.17. The van der Waals surface area contributed by atoms with E-state index in [9.17, 15) is 0 Å². The molecule has 1 saturated heterocycles. The van der Waals surface area contributed by atoms with Crippen LogP contribution < -0.4 is 15.0 Å². The van der Waals surface area contributed by atoms with E-state index in [4.69, 9.17) is 4.74 Å². The minimum atomic E-state index is 0.631. The maximum Gasteiger partial charge on any atom is 0.213 e. The van der Waals surface area contributed by atoms with Crippen LogP contribution in [0.3, 0.4) is 0 Å². The molecule has 0 saturated carbocycles. The van der Waals surface area contributed by atoms with Crippen LogP contribution >= 0.6 is 0 Å². The van der Waals surface area contributed by atoms with Gasteiger partial charge in [-0.15, -0.1) is 0 Å². The molecule has 0 spiro atoms. The standard InChI is InChI=1S/C21H29N5O/c1-16-6-5-7-19(17(16)2)25-10-12-26(13-11-25)21(22-3)24-15-18-8-9-23-20(14-18)27-4/h5-9,14H,10-13,15H2,1-4H3,(H,22,24). The van der Waals surface area contributed by atoms with Crippen molar-refractivity contribution < 1.29 is 4.74 Å². The van der Waals surface area contributed by atoms with Gasteiger partial charge in [0.2, 0.25) is 5.88 Å². The average Bonchev–Trinajstić information content (AvgIpc) is 2.71. The number of aryl methyl sites for hydroxylation is 1. The molecule has 27 heavy (non-hydrogen) atoms. The van der Waals surface area contributed by atoms with Gasteiger partial charge >= 0.3 is 0 Å². The molecule has 6 heteroatoms. The van der Waals surface area contributed by atoms with Gasteiger partial charge in [-0.25, -0.2) is 4.98 Å². The van der Waals surface area contributed by atoms with E-state index >= 15 is 0 Å². The first-order chi connectivity index (χ1) is 13.1. The molecule has 1 aliphatic heterocycles. The number of methoxy groups -OCH3 is 1. The molecule has 1 aromatic heterocycles. The number of nitrogens with one attached hydrogen (secondary N) is 1. The minimum Gasteiger partial charge on any atom is -0.481 e. The van der Waals surface area contributed by atoms with Gasteiger partial charge in [0.1, 0.15) is 0 Å². The van der Waals surface area contributed by atoms with Crippen molar-refractivity contribution in [3.05, 3.63) is 53.2 Å². The van der Waals surface area contributed by atoms with E-state index in [1.807, 2.05) is 19.2 Å². The summed E-state index contributed by atoms with van der Waals surface area (Å²) in [5.74, 6) is 1.57. The molecule has 0 bridgehead atoms. The van der Waals surface area contributed by atoms with E-state index in [1.165, 1.54) is 16.8 Å². The van der Waals surface area contributed by atoms with Crippen LogP contribution in [0.25, 0.3) is 0 Å². The summed E-state index contributed by atoms with van der Waals surface area (Å²) >= 11 is 0. The Morgan fingerprint density at radius 3 is 2.67 bits per heavy atom. The van der Waals surface area contributed by atoms with Gasteiger partial charge in [0.15, 0.2) is 5.96 Å². The molecule has 1 aliphatic rings. The third kappa shape index (κ3) is 4.51. The monoisotopic (exact) mass is 367 g/mol. The second kappa shape index (κ2) is 8.75. The zero-order chi connectivity index (χ0) is 19.2. The molecule has 0 radical (unpaired) electrons. The molecule has 1 fully saturated rings. The number of anilines is 1. The number of pyridine rings is 1. The summed E-state index contributed by atoms with van der Waals surface area (Å²) in [6.07, 6.45) is 1.77. The van der Waals surface area contributed by atoms with Crippen LogP contribution in [0.15, 0.2) is 41.5 Å². The number of guanidine groups is 1. The van der Waals surface area contributed by atoms with Crippen molar-refractivity contribution in [3.8, 4) is 5.88 Å². The SMILES string of the molecule is CN=C(NCc1ccnc(OC)c1)N1CCN(c2cccc(C)c2C)CC1. The van der Waals surface area contributed by atoms with Gasteiger partial charge in [-0.2, -0.15) is 0 Å². The normalized spacial score (nSPS) is 15.0. The van der Waals surface area contributed by atoms with Crippen molar-refractivity contribution in [2.75, 3.05) is 45.2 Å². The average molecular weight is 367 g/mol. The van der Waals surface area contributed by atoms with Crippen LogP contribution in [-0.2, 0) is 6.54 Å². The molecule has 0 unspecified atom stereocenters. The highest BCUT2D eigenvalue weighted by atomic mass is 16.5. The van der Waals surface area contributed by atoms with Crippen LogP contribution in [0.4, 0.5) is 5.69 Å². The Hall–Kier alpha value is -2.76. The summed E-state index contributed by atoms with van der Waals surface area (Å²) in [6.45, 7) is 8.97. The minimum absolute atomic E-state index is 0.631. The van der Waals surface area contributed by atoms with E-state index in [-0.39, 0.29) is 0 Å². The van der Waals surface area contributed by atoms with Crippen LogP contribution in [0, 0.1) is 13.8 Å². The molecule has 0 amide bonds. The number of ether oxygens (including phenoxy) is 1. The van der Waals surface area contributed by atoms with Gasteiger partial charge in [-0.05, 0) is 42.7 Å². The molecular formula is C21H29N5O. The van der Waals surface area contributed by atoms with E-state index < -0.39 is 0 Å². The van der Waals surface area contributed by atoms with Crippen molar-refractivity contribution in [3.63, 3.8) is 0 Å². The Bertz CT molecular complexity index is 797. The van der Waals surface area contributed by atoms with Crippen molar-refractivity contribution in [1.29, 1.82) is 0 Å². The van der Waals surface area contributed by atoms with Crippen molar-refractivity contribution in [2.45, 2.75) is 20.4 Å². The van der Waals surface area contributed by atoms with Crippen LogP contribution in [-0.4, -0.2) is 56.2 Å². The maximum atomic E-state index is 5.19. The number of hydrogen-bond donors (Lipinski definition) is 1. The lowest BCUT2D eigenvalue weighted by molar-refractivity contribution is 0.372. The molecule has 1 aromatic carbocycles. The quantitative estimate of drug-likeness (QED) is 0.665. The molecule has 1 N–H and O–H groups in total. The highest BCUT2D eigenvalue weighted by Crippen LogP contribution is 2.23. The number of rotatable bonds is 4. The smallest absolute Gasteiger partial charge is 0.213 e. The van der Waals surface area contributed by atoms with Crippen molar-refractivity contribution in [2.24, 2.45) is 4.99 Å². The molecule has 0 atom stereocenters. The van der Waals surface area contributed by atoms with E-state index in [0.717, 1.165) is 37.7 Å². The topological polar surface area (TPSA) is 53.0 Å². The summed E-state index contributed by atoms with van der Waals surface area (Å²) in [5, 5.41) is 3.46. The van der Waals surface area contributed by atoms with Crippen molar-refractivity contribution >= 4 is 11.6 Å². The van der Waals surface area contributed by atoms with Gasteiger partial charge in [0, 0.05) is 57.7 Å². The fourth-order valence-electron chi connectivity index (χ4n) is 3.42. The van der Waals surface area contributed by atoms with Crippen LogP contribution in [0.2, 0.25) is 0 Å². The summed E-state index contributed by atoms with van der Waals surface area (Å²) in [4.78, 5) is 13.4. The van der Waals surface area contributed by atoms with Gasteiger partial charge in [0.05, 0.1) is 7.11 Å². The summed E-state index contributed by atoms with van der Waals surface area (Å²) in [6, 6.07) is 10.5. The van der Waals surface area contributed by atoms with Crippen LogP contribution in [0.5, 0.6) is 5.88 Å². The number of nitrogens with zero attached hydrogens (tertiary/aromatic N) is 4. The first-order valence-electron chi connectivity index (χ1n) is 9.38. The van der Waals surface area contributed by atoms with Gasteiger partial charge in [0.25, 0.3) is 0 Å². The highest BCUT2D eigenvalue weighted by Gasteiger charge is 2.21. The number of piperazine rings is 1. The second-order valence-corrected chi connectivity index (χ2v) is 6.80. The van der Waals surface area contributed by atoms with Crippen molar-refractivity contribution in [1.82, 2.24) is 15.2 Å². The lowest BCUT2D eigenvalue weighted by atomic mass is 10.1. The second-order valence-electron chi connectivity index (χ2n) is 6.80. The Morgan fingerprint density at radius 2 is 1.96 bits per heavy atom. The fourth-order valence-corrected chi connectivity index (χ4v) is 3.42. The highest BCUT2D eigenvalue weighted by molar-refractivity contribution is 5.80. The third-order valence-corrected chi connectivity index (χ3v) is 5.17. The lowest BCUT2D eigenvalue weighted by Crippen LogP contribution is -2.52. The summed E-state index contributed by atoms with van der Waals surface area (Å²) in [7, 11) is 3.47. The number of benzene rings is 1. The largest absolute Gasteiger partial charge is 0.481 e. The molecular weight excluding hydrogens is 338 g/mol. The Kier molecular flexibility index (Phi) is 6.16. The lowest BCUT2D eigenvalue weighted by Gasteiger charge is -2.38. The summed E-state index contributed by atoms with van der Waals surface area (Å²) < 4.78 is 5.19. The van der Waals surface area contributed by atoms with Gasteiger partial charge in [-0.3, -0.25) is 4.99 Å². The predicted octanol–water partition coefficient (Wildman–Crippen LogP) is 2.60. The Balaban J connectivity index is 1.58. The zero-order valence-corrected chi connectivity index (χ0v) is 16.7. The molecule has 0 aliphatic carbocycles. The molecule has 2 heterocycles.